The summed E-state index contributed by atoms with van der Waals surface area (Å²) in [5.41, 5.74) is 4.24. The van der Waals surface area contributed by atoms with E-state index in [2.05, 4.69) is 65.6 Å². The Labute approximate surface area is 333 Å². The van der Waals surface area contributed by atoms with Crippen LogP contribution in [0.1, 0.15) is 67.9 Å². The Morgan fingerprint density at radius 2 is 1.71 bits per heavy atom. The van der Waals surface area contributed by atoms with Gasteiger partial charge in [0.25, 0.3) is 5.91 Å². The van der Waals surface area contributed by atoms with Crippen LogP contribution >= 0.6 is 11.6 Å². The van der Waals surface area contributed by atoms with Crippen LogP contribution in [0.25, 0.3) is 0 Å². The van der Waals surface area contributed by atoms with Gasteiger partial charge in [0.2, 0.25) is 11.8 Å². The lowest BCUT2D eigenvalue weighted by Gasteiger charge is -2.40. The maximum atomic E-state index is 13.5. The third kappa shape index (κ3) is 8.27. The molecule has 0 radical (unpaired) electrons. The van der Waals surface area contributed by atoms with E-state index in [-0.39, 0.29) is 23.1 Å². The second-order valence-corrected chi connectivity index (χ2v) is 16.8. The first-order valence-electron chi connectivity index (χ1n) is 20.2. The number of hydrogen-bond donors (Lipinski definition) is 2. The molecule has 5 aliphatic rings. The second kappa shape index (κ2) is 16.3. The fraction of sp³-hybridized carbons (Fsp3) is 0.524. The van der Waals surface area contributed by atoms with Gasteiger partial charge in [-0.3, -0.25) is 24.6 Å². The number of likely N-dealkylation sites (tertiary alicyclic amines) is 1. The summed E-state index contributed by atoms with van der Waals surface area (Å²) < 4.78 is 0. The largest absolute Gasteiger partial charge is 0.374 e. The van der Waals surface area contributed by atoms with E-state index < -0.39 is 6.04 Å². The van der Waals surface area contributed by atoms with Gasteiger partial charge >= 0.3 is 0 Å². The van der Waals surface area contributed by atoms with Gasteiger partial charge in [0.05, 0.1) is 10.6 Å². The zero-order valence-electron chi connectivity index (χ0n) is 32.1. The summed E-state index contributed by atoms with van der Waals surface area (Å²) in [6.07, 6.45) is 6.06. The summed E-state index contributed by atoms with van der Waals surface area (Å²) in [5, 5.41) is 24.4. The monoisotopic (exact) mass is 778 g/mol. The Kier molecular flexibility index (Phi) is 11.0. The number of benzene rings is 2. The van der Waals surface area contributed by atoms with Crippen molar-refractivity contribution in [1.29, 1.82) is 5.26 Å². The maximum Gasteiger partial charge on any atom is 0.274 e. The number of carbonyl (C=O) groups excluding carboxylic acids is 3. The molecule has 2 N–H and O–H groups in total. The summed E-state index contributed by atoms with van der Waals surface area (Å²) >= 11 is 6.37. The Hall–Kier alpha value is -4.93. The number of aromatic nitrogens is 2. The molecule has 1 aromatic heterocycles. The molecule has 5 saturated heterocycles. The number of carbonyl (C=O) groups is 3. The fourth-order valence-corrected chi connectivity index (χ4v) is 9.69. The number of piperazine rings is 1. The lowest BCUT2D eigenvalue weighted by atomic mass is 9.77. The van der Waals surface area contributed by atoms with Crippen molar-refractivity contribution in [3.05, 3.63) is 70.9 Å². The molecule has 294 valence electrons. The lowest BCUT2D eigenvalue weighted by molar-refractivity contribution is -0.133. The van der Waals surface area contributed by atoms with Crippen LogP contribution in [-0.4, -0.2) is 115 Å². The van der Waals surface area contributed by atoms with Gasteiger partial charge in [-0.2, -0.15) is 5.26 Å². The van der Waals surface area contributed by atoms with Crippen LogP contribution in [0.2, 0.25) is 5.02 Å². The first-order chi connectivity index (χ1) is 27.1. The van der Waals surface area contributed by atoms with Gasteiger partial charge in [0.1, 0.15) is 12.1 Å². The fourth-order valence-electron chi connectivity index (χ4n) is 9.48. The zero-order valence-corrected chi connectivity index (χ0v) is 32.9. The van der Waals surface area contributed by atoms with Crippen LogP contribution in [0.15, 0.2) is 54.6 Å². The second-order valence-electron chi connectivity index (χ2n) is 16.4. The Morgan fingerprint density at radius 3 is 2.41 bits per heavy atom. The van der Waals surface area contributed by atoms with Crippen LogP contribution in [0, 0.1) is 22.7 Å². The predicted octanol–water partition coefficient (Wildman–Crippen LogP) is 4.78. The molecule has 2 unspecified atom stereocenters. The molecular formula is C42H51ClN10O3. The highest BCUT2D eigenvalue weighted by Crippen LogP contribution is 2.45. The molecular weight excluding hydrogens is 728 g/mol. The van der Waals surface area contributed by atoms with Crippen molar-refractivity contribution in [1.82, 2.24) is 25.3 Å². The summed E-state index contributed by atoms with van der Waals surface area (Å²) in [6, 6.07) is 19.9. The molecule has 13 nitrogen and oxygen atoms in total. The molecule has 5 fully saturated rings. The number of piperidine rings is 3. The zero-order chi connectivity index (χ0) is 38.8. The number of amides is 3. The van der Waals surface area contributed by atoms with E-state index in [1.165, 1.54) is 0 Å². The Bertz CT molecular complexity index is 1960. The number of nitrogens with one attached hydrogen (secondary N) is 2. The highest BCUT2D eigenvalue weighted by molar-refractivity contribution is 6.32. The topological polar surface area (TPSA) is 141 Å². The molecule has 56 heavy (non-hydrogen) atoms. The van der Waals surface area contributed by atoms with Crippen molar-refractivity contribution in [2.45, 2.75) is 64.0 Å². The minimum Gasteiger partial charge on any atom is -0.374 e. The van der Waals surface area contributed by atoms with E-state index in [9.17, 15) is 19.6 Å². The highest BCUT2D eigenvalue weighted by Gasteiger charge is 2.44. The van der Waals surface area contributed by atoms with Crippen molar-refractivity contribution in [2.24, 2.45) is 11.3 Å². The van der Waals surface area contributed by atoms with Crippen molar-refractivity contribution in [3.8, 4) is 6.07 Å². The van der Waals surface area contributed by atoms with Crippen molar-refractivity contribution < 1.29 is 14.4 Å². The third-order valence-electron chi connectivity index (χ3n) is 12.8. The lowest BCUT2D eigenvalue weighted by Crippen LogP contribution is -2.49. The van der Waals surface area contributed by atoms with Crippen molar-refractivity contribution >= 4 is 52.2 Å². The Morgan fingerprint density at radius 1 is 0.929 bits per heavy atom. The average Bonchev–Trinajstić information content (AvgIpc) is 3.54. The Balaban J connectivity index is 0.762. The van der Waals surface area contributed by atoms with Gasteiger partial charge in [-0.1, -0.05) is 17.7 Å². The first-order valence-corrected chi connectivity index (χ1v) is 20.5. The van der Waals surface area contributed by atoms with E-state index in [4.69, 9.17) is 11.6 Å². The first kappa shape index (κ1) is 38.0. The standard InChI is InChI=1S/C42H51ClN10O3/c1-29-25-42(28-53(29)34-6-5-31(26-44)35(43)24-34)13-17-51(18-14-42)38-9-7-37(47-48-38)41(56)52-15-11-30(12-16-52)27-49-19-21-50(22-20-49)33-4-2-3-32(23-33)45-36-8-10-39(54)46-40(36)55/h2-7,9,23-24,29-30,36,45H,8,10-22,25,27-28H2,1H3,(H,46,54,55). The highest BCUT2D eigenvalue weighted by atomic mass is 35.5. The molecule has 3 amide bonds. The van der Waals surface area contributed by atoms with Gasteiger partial charge in [0, 0.05) is 95.0 Å². The van der Waals surface area contributed by atoms with E-state index in [1.807, 2.05) is 47.4 Å². The molecule has 2 atom stereocenters. The number of imide groups is 1. The minimum absolute atomic E-state index is 0.0361. The number of halogens is 1. The van der Waals surface area contributed by atoms with E-state index in [0.29, 0.717) is 41.1 Å². The van der Waals surface area contributed by atoms with Crippen LogP contribution in [0.5, 0.6) is 0 Å². The molecule has 6 heterocycles. The molecule has 2 aromatic carbocycles. The van der Waals surface area contributed by atoms with E-state index >= 15 is 0 Å². The number of nitrogens with zero attached hydrogens (tertiary/aromatic N) is 8. The normalized spacial score (nSPS) is 23.3. The van der Waals surface area contributed by atoms with Crippen LogP contribution in [0.3, 0.4) is 0 Å². The molecule has 0 bridgehead atoms. The summed E-state index contributed by atoms with van der Waals surface area (Å²) in [4.78, 5) is 48.8. The number of anilines is 4. The predicted molar refractivity (Wildman–Crippen MR) is 217 cm³/mol. The molecule has 5 aliphatic heterocycles. The third-order valence-corrected chi connectivity index (χ3v) is 13.1. The number of nitriles is 1. The van der Waals surface area contributed by atoms with Gasteiger partial charge < -0.3 is 24.9 Å². The SMILES string of the molecule is CC1CC2(CCN(c3ccc(C(=O)N4CCC(CN5CCN(c6cccc(NC7CCC(=O)NC7=O)c6)CC5)CC4)nn3)CC2)CN1c1ccc(C#N)c(Cl)c1. The van der Waals surface area contributed by atoms with Gasteiger partial charge in [-0.05, 0) is 105 Å². The van der Waals surface area contributed by atoms with Crippen LogP contribution in [-0.2, 0) is 9.59 Å². The number of rotatable bonds is 8. The smallest absolute Gasteiger partial charge is 0.274 e. The molecule has 3 aromatic rings. The maximum absolute atomic E-state index is 13.5. The summed E-state index contributed by atoms with van der Waals surface area (Å²) in [7, 11) is 0. The molecule has 14 heteroatoms. The van der Waals surface area contributed by atoms with E-state index in [0.717, 1.165) is 120 Å². The quantitative estimate of drug-likeness (QED) is 0.306. The molecule has 1 spiro atoms. The van der Waals surface area contributed by atoms with Crippen LogP contribution < -0.4 is 25.3 Å². The van der Waals surface area contributed by atoms with Gasteiger partial charge in [-0.25, -0.2) is 0 Å². The minimum atomic E-state index is -0.396. The van der Waals surface area contributed by atoms with Gasteiger partial charge in [0.15, 0.2) is 11.5 Å². The number of hydrogen-bond acceptors (Lipinski definition) is 11. The van der Waals surface area contributed by atoms with E-state index in [1.54, 1.807) is 0 Å². The summed E-state index contributed by atoms with van der Waals surface area (Å²) in [6.45, 7) is 11.4. The molecule has 0 saturated carbocycles. The van der Waals surface area contributed by atoms with Crippen molar-refractivity contribution in [3.63, 3.8) is 0 Å². The molecule has 8 rings (SSSR count). The molecule has 0 aliphatic carbocycles. The van der Waals surface area contributed by atoms with Crippen molar-refractivity contribution in [2.75, 3.05) is 85.5 Å². The summed E-state index contributed by atoms with van der Waals surface area (Å²) in [5.74, 6) is 0.875. The average molecular weight is 779 g/mol. The van der Waals surface area contributed by atoms with Gasteiger partial charge in [-0.15, -0.1) is 10.2 Å². The van der Waals surface area contributed by atoms with Crippen LogP contribution in [0.4, 0.5) is 22.9 Å².